The maximum absolute atomic E-state index is 12.3. The van der Waals surface area contributed by atoms with Gasteiger partial charge in [0.2, 0.25) is 5.91 Å². The number of aromatic nitrogens is 1. The summed E-state index contributed by atoms with van der Waals surface area (Å²) in [7, 11) is 0. The molecule has 7 nitrogen and oxygen atoms in total. The highest BCUT2D eigenvalue weighted by atomic mass is 35.5. The second-order valence-electron chi connectivity index (χ2n) is 7.54. The van der Waals surface area contributed by atoms with Gasteiger partial charge in [0.15, 0.2) is 0 Å². The molecule has 2 heterocycles. The van der Waals surface area contributed by atoms with Crippen LogP contribution in [-0.2, 0) is 14.3 Å². The van der Waals surface area contributed by atoms with Crippen molar-refractivity contribution in [2.45, 2.75) is 24.3 Å². The Kier molecular flexibility index (Phi) is 9.87. The number of halogens is 2. The van der Waals surface area contributed by atoms with Crippen molar-refractivity contribution < 1.29 is 19.1 Å². The van der Waals surface area contributed by atoms with Gasteiger partial charge in [0, 0.05) is 43.5 Å². The highest BCUT2D eigenvalue weighted by Crippen LogP contribution is 2.29. The van der Waals surface area contributed by atoms with Crippen LogP contribution in [0.3, 0.4) is 0 Å². The molecule has 0 bridgehead atoms. The third-order valence-electron chi connectivity index (χ3n) is 5.05. The van der Waals surface area contributed by atoms with Crippen LogP contribution in [0.25, 0.3) is 0 Å². The molecule has 174 valence electrons. The van der Waals surface area contributed by atoms with Crippen LogP contribution >= 0.6 is 35.0 Å². The van der Waals surface area contributed by atoms with Crippen molar-refractivity contribution in [1.29, 1.82) is 0 Å². The lowest BCUT2D eigenvalue weighted by atomic mass is 9.99. The molecule has 10 heteroatoms. The van der Waals surface area contributed by atoms with Crippen molar-refractivity contribution in [1.82, 2.24) is 15.2 Å². The molecule has 1 unspecified atom stereocenters. The highest BCUT2D eigenvalue weighted by Gasteiger charge is 2.24. The number of hydrogen-bond acceptors (Lipinski definition) is 7. The molecule has 1 saturated heterocycles. The maximum atomic E-state index is 12.3. The Morgan fingerprint density at radius 3 is 2.97 bits per heavy atom. The Morgan fingerprint density at radius 1 is 1.34 bits per heavy atom. The minimum absolute atomic E-state index is 0.0614. The fourth-order valence-corrected chi connectivity index (χ4v) is 4.64. The van der Waals surface area contributed by atoms with E-state index in [4.69, 9.17) is 32.7 Å². The zero-order valence-electron chi connectivity index (χ0n) is 17.9. The fraction of sp³-hybridized carbons (Fsp3) is 0.500. The fourth-order valence-electron chi connectivity index (χ4n) is 3.49. The van der Waals surface area contributed by atoms with Crippen LogP contribution in [0.4, 0.5) is 0 Å². The topological polar surface area (TPSA) is 80.8 Å². The minimum Gasteiger partial charge on any atom is -0.462 e. The zero-order chi connectivity index (χ0) is 22.9. The molecule has 3 rings (SSSR count). The lowest BCUT2D eigenvalue weighted by Crippen LogP contribution is -2.48. The van der Waals surface area contributed by atoms with Crippen molar-refractivity contribution in [2.24, 2.45) is 5.92 Å². The summed E-state index contributed by atoms with van der Waals surface area (Å²) in [6, 6.07) is 1.68. The zero-order valence-corrected chi connectivity index (χ0v) is 20.2. The quantitative estimate of drug-likeness (QED) is 0.411. The predicted molar refractivity (Wildman–Crippen MR) is 126 cm³/mol. The number of carbonyl (C=O) groups is 2. The smallest absolute Gasteiger partial charge is 0.339 e. The van der Waals surface area contributed by atoms with E-state index in [0.717, 1.165) is 31.0 Å². The van der Waals surface area contributed by atoms with Gasteiger partial charge in [0.05, 0.1) is 40.7 Å². The van der Waals surface area contributed by atoms with Crippen LogP contribution in [-0.4, -0.2) is 73.0 Å². The second-order valence-corrected chi connectivity index (χ2v) is 9.40. The Hall–Kier alpha value is -1.58. The number of carbonyl (C=O) groups excluding carboxylic acids is 2. The molecule has 1 amide bonds. The first-order valence-corrected chi connectivity index (χ1v) is 12.3. The first kappa shape index (κ1) is 25.1. The van der Waals surface area contributed by atoms with Gasteiger partial charge in [-0.15, -0.1) is 11.8 Å². The third-order valence-corrected chi connectivity index (χ3v) is 6.79. The van der Waals surface area contributed by atoms with E-state index in [0.29, 0.717) is 41.3 Å². The number of morpholine rings is 1. The maximum Gasteiger partial charge on any atom is 0.339 e. The Labute approximate surface area is 202 Å². The Balaban J connectivity index is 1.39. The molecule has 1 aliphatic carbocycles. The molecule has 0 radical (unpaired) electrons. The first-order chi connectivity index (χ1) is 15.4. The number of nitrogens with one attached hydrogen (secondary N) is 1. The SMILES string of the molecule is CCOC(=O)c1cncc(SCC(=O)NC[C@H]2CN(CC3C=C(Cl)C(Cl)=CC3)CCO2)c1. The molecule has 1 aliphatic heterocycles. The van der Waals surface area contributed by atoms with Crippen LogP contribution in [0, 0.1) is 5.92 Å². The van der Waals surface area contributed by atoms with Crippen LogP contribution < -0.4 is 5.32 Å². The van der Waals surface area contributed by atoms with Crippen LogP contribution in [0.5, 0.6) is 0 Å². The molecule has 2 atom stereocenters. The van der Waals surface area contributed by atoms with Gasteiger partial charge in [0.25, 0.3) is 0 Å². The standard InChI is InChI=1S/C22H27Cl2N3O4S/c1-2-30-22(29)16-8-18(11-25-9-16)32-14-21(28)26-10-17-13-27(5-6-31-17)12-15-3-4-19(23)20(24)7-15/h4,7-9,11,15,17H,2-3,5-6,10,12-14H2,1H3,(H,26,28)/t15?,17-/m0/s1. The Bertz CT molecular complexity index is 880. The van der Waals surface area contributed by atoms with E-state index in [9.17, 15) is 9.59 Å². The molecule has 32 heavy (non-hydrogen) atoms. The van der Waals surface area contributed by atoms with Crippen LogP contribution in [0.2, 0.25) is 0 Å². The van der Waals surface area contributed by atoms with E-state index < -0.39 is 5.97 Å². The molecule has 1 N–H and O–H groups in total. The summed E-state index contributed by atoms with van der Waals surface area (Å²) < 4.78 is 10.8. The molecule has 1 aromatic rings. The molecule has 0 spiro atoms. The van der Waals surface area contributed by atoms with Gasteiger partial charge >= 0.3 is 5.97 Å². The number of pyridine rings is 1. The second kappa shape index (κ2) is 12.6. The number of allylic oxidation sites excluding steroid dienone is 3. The van der Waals surface area contributed by atoms with Crippen LogP contribution in [0.15, 0.2) is 45.6 Å². The van der Waals surface area contributed by atoms with Gasteiger partial charge in [-0.2, -0.15) is 0 Å². The van der Waals surface area contributed by atoms with Gasteiger partial charge in [-0.1, -0.05) is 35.4 Å². The number of thioether (sulfide) groups is 1. The first-order valence-electron chi connectivity index (χ1n) is 10.5. The summed E-state index contributed by atoms with van der Waals surface area (Å²) in [5.41, 5.74) is 0.375. The van der Waals surface area contributed by atoms with E-state index in [2.05, 4.69) is 15.2 Å². The van der Waals surface area contributed by atoms with Crippen molar-refractivity contribution in [3.05, 3.63) is 46.2 Å². The molecule has 0 saturated carbocycles. The lowest BCUT2D eigenvalue weighted by molar-refractivity contribution is -0.119. The number of nitrogens with zero attached hydrogens (tertiary/aromatic N) is 2. The molecule has 2 aliphatic rings. The average molecular weight is 500 g/mol. The number of amides is 1. The van der Waals surface area contributed by atoms with E-state index in [-0.39, 0.29) is 17.8 Å². The van der Waals surface area contributed by atoms with Gasteiger partial charge in [-0.3, -0.25) is 14.7 Å². The molecule has 1 fully saturated rings. The summed E-state index contributed by atoms with van der Waals surface area (Å²) in [6.45, 7) is 5.61. The summed E-state index contributed by atoms with van der Waals surface area (Å²) in [4.78, 5) is 31.2. The van der Waals surface area contributed by atoms with E-state index in [1.807, 2.05) is 12.2 Å². The molecular formula is C22H27Cl2N3O4S. The van der Waals surface area contributed by atoms with Crippen molar-refractivity contribution in [3.8, 4) is 0 Å². The van der Waals surface area contributed by atoms with Gasteiger partial charge in [0.1, 0.15) is 0 Å². The van der Waals surface area contributed by atoms with Crippen molar-refractivity contribution in [3.63, 3.8) is 0 Å². The van der Waals surface area contributed by atoms with Crippen LogP contribution in [0.1, 0.15) is 23.7 Å². The summed E-state index contributed by atoms with van der Waals surface area (Å²) >= 11 is 13.5. The number of rotatable bonds is 9. The number of hydrogen-bond donors (Lipinski definition) is 1. The largest absolute Gasteiger partial charge is 0.462 e. The molecule has 0 aromatic carbocycles. The normalized spacial score (nSPS) is 21.5. The van der Waals surface area contributed by atoms with E-state index >= 15 is 0 Å². The summed E-state index contributed by atoms with van der Waals surface area (Å²) in [5.74, 6) is 0.0341. The van der Waals surface area contributed by atoms with E-state index in [1.165, 1.54) is 18.0 Å². The highest BCUT2D eigenvalue weighted by molar-refractivity contribution is 8.00. The molecule has 1 aromatic heterocycles. The van der Waals surface area contributed by atoms with Crippen molar-refractivity contribution >= 4 is 46.8 Å². The third kappa shape index (κ3) is 7.78. The van der Waals surface area contributed by atoms with Gasteiger partial charge in [-0.25, -0.2) is 4.79 Å². The average Bonchev–Trinajstić information content (AvgIpc) is 2.79. The number of esters is 1. The minimum atomic E-state index is -0.420. The van der Waals surface area contributed by atoms with E-state index in [1.54, 1.807) is 19.2 Å². The summed E-state index contributed by atoms with van der Waals surface area (Å²) in [6.07, 6.45) is 7.86. The summed E-state index contributed by atoms with van der Waals surface area (Å²) in [5, 5.41) is 4.16. The predicted octanol–water partition coefficient (Wildman–Crippen LogP) is 3.43. The molecular weight excluding hydrogens is 473 g/mol. The number of ether oxygens (including phenoxy) is 2. The van der Waals surface area contributed by atoms with Crippen molar-refractivity contribution in [2.75, 3.05) is 45.1 Å². The van der Waals surface area contributed by atoms with Gasteiger partial charge < -0.3 is 14.8 Å². The monoisotopic (exact) mass is 499 g/mol. The lowest BCUT2D eigenvalue weighted by Gasteiger charge is -2.35. The van der Waals surface area contributed by atoms with Gasteiger partial charge in [-0.05, 0) is 25.3 Å². The Morgan fingerprint density at radius 2 is 2.19 bits per heavy atom.